The molecule has 84 valence electrons. The maximum atomic E-state index is 9.90. The van der Waals surface area contributed by atoms with Crippen LogP contribution in [0, 0.1) is 0 Å². The second kappa shape index (κ2) is 4.52. The second-order valence-corrected chi connectivity index (χ2v) is 4.65. The van der Waals surface area contributed by atoms with Crippen molar-refractivity contribution in [2.24, 2.45) is 0 Å². The summed E-state index contributed by atoms with van der Waals surface area (Å²) in [6.45, 7) is 7.70. The van der Waals surface area contributed by atoms with Crippen LogP contribution in [0.15, 0.2) is 33.4 Å². The Hall–Kier alpha value is -0.570. The Morgan fingerprint density at radius 3 is 2.07 bits per heavy atom. The van der Waals surface area contributed by atoms with Gasteiger partial charge in [-0.25, -0.2) is 0 Å². The molecule has 2 N–H and O–H groups in total. The summed E-state index contributed by atoms with van der Waals surface area (Å²) >= 11 is 6.07. The first kappa shape index (κ1) is 12.5. The van der Waals surface area contributed by atoms with Gasteiger partial charge in [-0.15, -0.1) is 0 Å². The quantitative estimate of drug-likeness (QED) is 0.669. The molecule has 0 unspecified atom stereocenters. The van der Waals surface area contributed by atoms with Gasteiger partial charge in [0.05, 0.1) is 0 Å². The lowest BCUT2D eigenvalue weighted by Crippen LogP contribution is -2.31. The van der Waals surface area contributed by atoms with E-state index in [0.717, 1.165) is 22.3 Å². The van der Waals surface area contributed by atoms with Gasteiger partial charge in [0, 0.05) is 5.03 Å². The minimum absolute atomic E-state index is 0.518. The summed E-state index contributed by atoms with van der Waals surface area (Å²) in [6, 6.07) is 0. The van der Waals surface area contributed by atoms with Crippen LogP contribution in [0.4, 0.5) is 0 Å². The number of aliphatic hydroxyl groups excluding tert-OH is 2. The molecule has 2 atom stereocenters. The molecule has 0 saturated heterocycles. The molecule has 3 heteroatoms. The fourth-order valence-corrected chi connectivity index (χ4v) is 2.25. The zero-order chi connectivity index (χ0) is 11.7. The number of allylic oxidation sites excluding steroid dienone is 3. The predicted molar refractivity (Wildman–Crippen MR) is 62.7 cm³/mol. The molecule has 0 fully saturated rings. The van der Waals surface area contributed by atoms with Crippen molar-refractivity contribution in [1.29, 1.82) is 0 Å². The molecule has 0 aromatic heterocycles. The molecule has 1 rings (SSSR count). The van der Waals surface area contributed by atoms with E-state index in [4.69, 9.17) is 11.6 Å². The summed E-state index contributed by atoms with van der Waals surface area (Å²) in [5.74, 6) is 0. The Bertz CT molecular complexity index is 356. The molecular formula is C12H17ClO2. The Morgan fingerprint density at radius 1 is 1.13 bits per heavy atom. The monoisotopic (exact) mass is 228 g/mol. The van der Waals surface area contributed by atoms with Gasteiger partial charge in [0.15, 0.2) is 0 Å². The van der Waals surface area contributed by atoms with Gasteiger partial charge >= 0.3 is 0 Å². The lowest BCUT2D eigenvalue weighted by Gasteiger charge is -2.28. The highest BCUT2D eigenvalue weighted by atomic mass is 35.5. The van der Waals surface area contributed by atoms with Crippen LogP contribution in [-0.2, 0) is 0 Å². The summed E-state index contributed by atoms with van der Waals surface area (Å²) in [6.07, 6.45) is -0.297. The number of hydrogen-bond donors (Lipinski definition) is 2. The molecule has 0 aromatic rings. The smallest absolute Gasteiger partial charge is 0.109 e. The van der Waals surface area contributed by atoms with E-state index in [1.807, 2.05) is 27.7 Å². The Labute approximate surface area is 95.6 Å². The van der Waals surface area contributed by atoms with Gasteiger partial charge in [0.25, 0.3) is 0 Å². The van der Waals surface area contributed by atoms with Gasteiger partial charge in [0.2, 0.25) is 0 Å². The standard InChI is InChI=1S/C12H17ClO2/c1-6(2)10-8(13)5-9(14)12(15)11(10)7(3)4/h5,9,12,14-15H,1-4H3/t9-,12-/m0/s1. The van der Waals surface area contributed by atoms with Crippen LogP contribution < -0.4 is 0 Å². The molecule has 15 heavy (non-hydrogen) atoms. The predicted octanol–water partition coefficient (Wildman–Crippen LogP) is 2.52. The van der Waals surface area contributed by atoms with E-state index in [9.17, 15) is 10.2 Å². The van der Waals surface area contributed by atoms with Gasteiger partial charge < -0.3 is 10.2 Å². The van der Waals surface area contributed by atoms with Gasteiger partial charge in [-0.05, 0) is 44.9 Å². The third-order valence-electron chi connectivity index (χ3n) is 2.48. The lowest BCUT2D eigenvalue weighted by atomic mass is 9.85. The van der Waals surface area contributed by atoms with E-state index in [-0.39, 0.29) is 0 Å². The van der Waals surface area contributed by atoms with Crippen molar-refractivity contribution in [1.82, 2.24) is 0 Å². The van der Waals surface area contributed by atoms with Gasteiger partial charge in [-0.2, -0.15) is 0 Å². The summed E-state index contributed by atoms with van der Waals surface area (Å²) < 4.78 is 0. The topological polar surface area (TPSA) is 40.5 Å². The van der Waals surface area contributed by atoms with Gasteiger partial charge in [-0.1, -0.05) is 22.7 Å². The molecule has 0 radical (unpaired) electrons. The third-order valence-corrected chi connectivity index (χ3v) is 2.80. The molecule has 0 amide bonds. The van der Waals surface area contributed by atoms with Crippen molar-refractivity contribution in [3.63, 3.8) is 0 Å². The van der Waals surface area contributed by atoms with Crippen LogP contribution in [0.5, 0.6) is 0 Å². The van der Waals surface area contributed by atoms with E-state index < -0.39 is 12.2 Å². The van der Waals surface area contributed by atoms with Crippen molar-refractivity contribution < 1.29 is 10.2 Å². The Morgan fingerprint density at radius 2 is 1.67 bits per heavy atom. The number of hydrogen-bond acceptors (Lipinski definition) is 2. The van der Waals surface area contributed by atoms with Crippen molar-refractivity contribution in [2.45, 2.75) is 39.9 Å². The van der Waals surface area contributed by atoms with E-state index in [1.54, 1.807) is 0 Å². The van der Waals surface area contributed by atoms with Crippen LogP contribution in [-0.4, -0.2) is 22.4 Å². The maximum absolute atomic E-state index is 9.90. The number of halogens is 1. The van der Waals surface area contributed by atoms with Crippen LogP contribution >= 0.6 is 11.6 Å². The zero-order valence-electron chi connectivity index (χ0n) is 9.50. The van der Waals surface area contributed by atoms with Crippen molar-refractivity contribution in [3.8, 4) is 0 Å². The molecule has 0 aromatic carbocycles. The fourth-order valence-electron chi connectivity index (χ4n) is 1.83. The average Bonchev–Trinajstić information content (AvgIpc) is 2.09. The molecular weight excluding hydrogens is 212 g/mol. The van der Waals surface area contributed by atoms with Crippen molar-refractivity contribution in [2.75, 3.05) is 0 Å². The van der Waals surface area contributed by atoms with Crippen LogP contribution in [0.2, 0.25) is 0 Å². The average molecular weight is 229 g/mol. The zero-order valence-corrected chi connectivity index (χ0v) is 10.3. The first-order valence-corrected chi connectivity index (χ1v) is 5.33. The summed E-state index contributed by atoms with van der Waals surface area (Å²) in [7, 11) is 0. The Kier molecular flexibility index (Phi) is 3.77. The third kappa shape index (κ3) is 2.33. The Balaban J connectivity index is 3.43. The molecule has 0 saturated carbocycles. The molecule has 1 aliphatic rings. The fraction of sp³-hybridized carbons (Fsp3) is 0.500. The van der Waals surface area contributed by atoms with Gasteiger partial charge in [-0.3, -0.25) is 0 Å². The molecule has 0 spiro atoms. The van der Waals surface area contributed by atoms with Crippen LogP contribution in [0.3, 0.4) is 0 Å². The van der Waals surface area contributed by atoms with Crippen LogP contribution in [0.25, 0.3) is 0 Å². The summed E-state index contributed by atoms with van der Waals surface area (Å²) in [5, 5.41) is 20.0. The second-order valence-electron chi connectivity index (χ2n) is 4.24. The lowest BCUT2D eigenvalue weighted by molar-refractivity contribution is 0.0712. The molecule has 1 aliphatic carbocycles. The van der Waals surface area contributed by atoms with Gasteiger partial charge in [0.1, 0.15) is 12.2 Å². The van der Waals surface area contributed by atoms with Crippen molar-refractivity contribution >= 4 is 11.6 Å². The first-order chi connectivity index (χ1) is 6.86. The minimum atomic E-state index is -0.912. The van der Waals surface area contributed by atoms with E-state index in [2.05, 4.69) is 0 Å². The minimum Gasteiger partial charge on any atom is -0.386 e. The normalized spacial score (nSPS) is 26.5. The highest BCUT2D eigenvalue weighted by molar-refractivity contribution is 6.32. The SMILES string of the molecule is CC(C)=C1C(Cl)=C[C@H](O)[C@H](O)C1=C(C)C. The van der Waals surface area contributed by atoms with Crippen molar-refractivity contribution in [3.05, 3.63) is 33.4 Å². The molecule has 0 bridgehead atoms. The number of rotatable bonds is 0. The highest BCUT2D eigenvalue weighted by Gasteiger charge is 2.29. The first-order valence-electron chi connectivity index (χ1n) is 4.95. The molecule has 0 aliphatic heterocycles. The van der Waals surface area contributed by atoms with E-state index in [0.29, 0.717) is 5.03 Å². The highest BCUT2D eigenvalue weighted by Crippen LogP contribution is 2.36. The van der Waals surface area contributed by atoms with E-state index >= 15 is 0 Å². The maximum Gasteiger partial charge on any atom is 0.109 e. The molecule has 0 heterocycles. The molecule has 2 nitrogen and oxygen atoms in total. The van der Waals surface area contributed by atoms with Crippen LogP contribution in [0.1, 0.15) is 27.7 Å². The summed E-state index contributed by atoms with van der Waals surface area (Å²) in [4.78, 5) is 0. The van der Waals surface area contributed by atoms with E-state index in [1.165, 1.54) is 6.08 Å². The number of aliphatic hydroxyl groups is 2. The summed E-state index contributed by atoms with van der Waals surface area (Å²) in [5.41, 5.74) is 3.62. The largest absolute Gasteiger partial charge is 0.386 e.